The van der Waals surface area contributed by atoms with E-state index in [1.54, 1.807) is 18.2 Å². The summed E-state index contributed by atoms with van der Waals surface area (Å²) in [5, 5.41) is 11.5. The zero-order valence-corrected chi connectivity index (χ0v) is 10.6. The Hall–Kier alpha value is -2.39. The number of amides is 1. The summed E-state index contributed by atoms with van der Waals surface area (Å²) in [6.45, 7) is 0. The average Bonchev–Trinajstić information content (AvgIpc) is 2.37. The Labute approximate surface area is 114 Å². The summed E-state index contributed by atoms with van der Waals surface area (Å²) in [4.78, 5) is 19.8. The van der Waals surface area contributed by atoms with Crippen LogP contribution in [0, 0.1) is 11.3 Å². The molecule has 19 heavy (non-hydrogen) atoms. The molecule has 0 fully saturated rings. The molecule has 96 valence electrons. The highest BCUT2D eigenvalue weighted by Crippen LogP contribution is 2.21. The van der Waals surface area contributed by atoms with Crippen molar-refractivity contribution in [2.75, 3.05) is 11.1 Å². The Balaban J connectivity index is 2.29. The van der Waals surface area contributed by atoms with Gasteiger partial charge in [0.25, 0.3) is 0 Å². The Morgan fingerprint density at radius 2 is 2.21 bits per heavy atom. The first-order valence-electron chi connectivity index (χ1n) is 5.49. The molecule has 0 aliphatic carbocycles. The Bertz CT molecular complexity index is 680. The third kappa shape index (κ3) is 3.09. The molecule has 2 rings (SSSR count). The maximum absolute atomic E-state index is 11.5. The molecule has 0 atom stereocenters. The lowest BCUT2D eigenvalue weighted by Crippen LogP contribution is -2.14. The number of halogens is 1. The summed E-state index contributed by atoms with van der Waals surface area (Å²) < 4.78 is 0. The first kappa shape index (κ1) is 13.1. The van der Waals surface area contributed by atoms with Crippen LogP contribution in [0.25, 0.3) is 11.0 Å². The van der Waals surface area contributed by atoms with Gasteiger partial charge in [-0.3, -0.25) is 4.79 Å². The lowest BCUT2D eigenvalue weighted by atomic mass is 10.3. The largest absolute Gasteiger partial charge is 0.381 e. The van der Waals surface area contributed by atoms with Crippen LogP contribution >= 0.6 is 11.6 Å². The van der Waals surface area contributed by atoms with Crippen LogP contribution in [0.3, 0.4) is 0 Å². The fourth-order valence-corrected chi connectivity index (χ4v) is 1.66. The minimum atomic E-state index is -0.323. The van der Waals surface area contributed by atoms with Gasteiger partial charge in [0.15, 0.2) is 11.6 Å². The summed E-state index contributed by atoms with van der Waals surface area (Å²) >= 11 is 5.84. The smallest absolute Gasteiger partial charge is 0.226 e. The predicted octanol–water partition coefficient (Wildman–Crippen LogP) is 2.11. The average molecular weight is 276 g/mol. The molecule has 0 unspecified atom stereocenters. The minimum absolute atomic E-state index is 0.0935. The van der Waals surface area contributed by atoms with E-state index >= 15 is 0 Å². The van der Waals surface area contributed by atoms with Crippen molar-refractivity contribution in [1.29, 1.82) is 5.26 Å². The molecule has 1 amide bonds. The number of nitrogen functional groups attached to an aromatic ring is 1. The zero-order valence-electron chi connectivity index (χ0n) is 9.85. The molecule has 0 saturated carbocycles. The van der Waals surface area contributed by atoms with Crippen molar-refractivity contribution < 1.29 is 4.79 Å². The van der Waals surface area contributed by atoms with Crippen LogP contribution in [0.15, 0.2) is 18.2 Å². The fraction of sp³-hybridized carbons (Fsp3) is 0.167. The number of carbonyl (C=O) groups excluding carboxylic acids is 1. The Morgan fingerprint density at radius 1 is 1.42 bits per heavy atom. The second kappa shape index (κ2) is 5.50. The molecule has 7 heteroatoms. The van der Waals surface area contributed by atoms with E-state index in [4.69, 9.17) is 22.6 Å². The number of benzene rings is 1. The predicted molar refractivity (Wildman–Crippen MR) is 72.4 cm³/mol. The number of nitrogens with two attached hydrogens (primary N) is 1. The van der Waals surface area contributed by atoms with Crippen LogP contribution in [-0.2, 0) is 4.79 Å². The van der Waals surface area contributed by atoms with Gasteiger partial charge < -0.3 is 11.1 Å². The van der Waals surface area contributed by atoms with Gasteiger partial charge in [-0.25, -0.2) is 9.97 Å². The van der Waals surface area contributed by atoms with Crippen molar-refractivity contribution in [3.63, 3.8) is 0 Å². The molecule has 1 aromatic heterocycles. The minimum Gasteiger partial charge on any atom is -0.381 e. The number of rotatable bonds is 3. The molecule has 0 aliphatic rings. The maximum atomic E-state index is 11.5. The van der Waals surface area contributed by atoms with Crippen LogP contribution in [0.4, 0.5) is 11.6 Å². The number of hydrogen-bond acceptors (Lipinski definition) is 5. The lowest BCUT2D eigenvalue weighted by Gasteiger charge is -2.07. The number of fused-ring (bicyclic) bond motifs is 1. The summed E-state index contributed by atoms with van der Waals surface area (Å²) in [7, 11) is 0. The second-order valence-electron chi connectivity index (χ2n) is 3.80. The first-order valence-corrected chi connectivity index (χ1v) is 5.87. The van der Waals surface area contributed by atoms with Crippen molar-refractivity contribution in [2.45, 2.75) is 12.8 Å². The molecular weight excluding hydrogens is 266 g/mol. The van der Waals surface area contributed by atoms with Gasteiger partial charge in [-0.05, 0) is 18.2 Å². The van der Waals surface area contributed by atoms with E-state index in [0.717, 1.165) is 0 Å². The fourth-order valence-electron chi connectivity index (χ4n) is 1.50. The number of carbonyl (C=O) groups is 1. The molecule has 0 spiro atoms. The van der Waals surface area contributed by atoms with Gasteiger partial charge in [0.1, 0.15) is 0 Å². The maximum Gasteiger partial charge on any atom is 0.226 e. The van der Waals surface area contributed by atoms with Crippen molar-refractivity contribution in [3.05, 3.63) is 23.2 Å². The molecule has 0 aliphatic heterocycles. The topological polar surface area (TPSA) is 105 Å². The van der Waals surface area contributed by atoms with Crippen molar-refractivity contribution >= 4 is 40.2 Å². The summed E-state index contributed by atoms with van der Waals surface area (Å²) in [6, 6.07) is 6.90. The van der Waals surface area contributed by atoms with Crippen LogP contribution in [-0.4, -0.2) is 15.9 Å². The third-order valence-corrected chi connectivity index (χ3v) is 2.61. The van der Waals surface area contributed by atoms with E-state index < -0.39 is 0 Å². The molecule has 3 N–H and O–H groups in total. The monoisotopic (exact) mass is 275 g/mol. The molecule has 0 bridgehead atoms. The van der Waals surface area contributed by atoms with Gasteiger partial charge in [0.2, 0.25) is 5.91 Å². The van der Waals surface area contributed by atoms with E-state index in [1.807, 2.05) is 6.07 Å². The number of anilines is 2. The second-order valence-corrected chi connectivity index (χ2v) is 4.23. The zero-order chi connectivity index (χ0) is 13.8. The summed E-state index contributed by atoms with van der Waals surface area (Å²) in [5.74, 6) is -0.0197. The number of aromatic nitrogens is 2. The van der Waals surface area contributed by atoms with Gasteiger partial charge in [0, 0.05) is 17.9 Å². The highest BCUT2D eigenvalue weighted by Gasteiger charge is 2.09. The molecular formula is C12H10ClN5O. The van der Waals surface area contributed by atoms with Gasteiger partial charge in [-0.1, -0.05) is 11.6 Å². The Kier molecular flexibility index (Phi) is 3.78. The van der Waals surface area contributed by atoms with Crippen molar-refractivity contribution in [3.8, 4) is 6.07 Å². The number of nitrogens with zero attached hydrogens (tertiary/aromatic N) is 3. The van der Waals surface area contributed by atoms with E-state index in [-0.39, 0.29) is 30.4 Å². The lowest BCUT2D eigenvalue weighted by molar-refractivity contribution is -0.116. The molecule has 6 nitrogen and oxygen atoms in total. The summed E-state index contributed by atoms with van der Waals surface area (Å²) in [5.41, 5.74) is 6.85. The van der Waals surface area contributed by atoms with Crippen molar-refractivity contribution in [2.24, 2.45) is 0 Å². The molecule has 1 aromatic carbocycles. The van der Waals surface area contributed by atoms with Crippen LogP contribution < -0.4 is 11.1 Å². The highest BCUT2D eigenvalue weighted by molar-refractivity contribution is 6.31. The number of nitrogens with one attached hydrogen (secondary N) is 1. The van der Waals surface area contributed by atoms with E-state index in [2.05, 4.69) is 15.3 Å². The normalized spacial score (nSPS) is 10.1. The molecule has 1 heterocycles. The van der Waals surface area contributed by atoms with Crippen molar-refractivity contribution in [1.82, 2.24) is 9.97 Å². The van der Waals surface area contributed by atoms with Gasteiger partial charge in [0.05, 0.1) is 17.1 Å². The number of nitriles is 1. The highest BCUT2D eigenvalue weighted by atomic mass is 35.5. The van der Waals surface area contributed by atoms with Crippen LogP contribution in [0.1, 0.15) is 12.8 Å². The van der Waals surface area contributed by atoms with E-state index in [9.17, 15) is 4.79 Å². The SMILES string of the molecule is N#CCCC(=O)Nc1nc2ccc(Cl)cc2nc1N. The van der Waals surface area contributed by atoms with Gasteiger partial charge in [-0.2, -0.15) is 5.26 Å². The van der Waals surface area contributed by atoms with Crippen LogP contribution in [0.5, 0.6) is 0 Å². The quantitative estimate of drug-likeness (QED) is 0.892. The molecule has 2 aromatic rings. The summed E-state index contributed by atoms with van der Waals surface area (Å²) in [6.07, 6.45) is 0.235. The van der Waals surface area contributed by atoms with Gasteiger partial charge in [-0.15, -0.1) is 0 Å². The van der Waals surface area contributed by atoms with Crippen LogP contribution in [0.2, 0.25) is 5.02 Å². The molecule has 0 radical (unpaired) electrons. The number of hydrogen-bond donors (Lipinski definition) is 2. The van der Waals surface area contributed by atoms with Gasteiger partial charge >= 0.3 is 0 Å². The first-order chi connectivity index (χ1) is 9.10. The third-order valence-electron chi connectivity index (χ3n) is 2.37. The Morgan fingerprint density at radius 3 is 2.95 bits per heavy atom. The van der Waals surface area contributed by atoms with E-state index in [1.165, 1.54) is 0 Å². The van der Waals surface area contributed by atoms with E-state index in [0.29, 0.717) is 16.1 Å². The standard InChI is InChI=1S/C12H10ClN5O/c13-7-3-4-8-9(6-7)16-11(15)12(17-8)18-10(19)2-1-5-14/h3-4,6H,1-2H2,(H2,15,16)(H,17,18,19). The molecule has 0 saturated heterocycles.